The van der Waals surface area contributed by atoms with Crippen molar-refractivity contribution in [3.8, 4) is 17.1 Å². The summed E-state index contributed by atoms with van der Waals surface area (Å²) in [4.78, 5) is 20.1. The number of hydrogen-bond donors (Lipinski definition) is 3. The highest BCUT2D eigenvalue weighted by Gasteiger charge is 2.25. The molecule has 0 aliphatic heterocycles. The molecule has 0 radical (unpaired) electrons. The Morgan fingerprint density at radius 1 is 1.16 bits per heavy atom. The fraction of sp³-hybridized carbons (Fsp3) is 0.370. The van der Waals surface area contributed by atoms with Gasteiger partial charge in [-0.3, -0.25) is 4.79 Å². The smallest absolute Gasteiger partial charge is 0.277 e. The first-order valence-corrected chi connectivity index (χ1v) is 13.7. The molecule has 11 heteroatoms. The van der Waals surface area contributed by atoms with E-state index in [1.807, 2.05) is 13.0 Å². The van der Waals surface area contributed by atoms with Crippen molar-refractivity contribution in [2.45, 2.75) is 65.0 Å². The number of aliphatic hydroxyl groups excluding tert-OH is 1. The van der Waals surface area contributed by atoms with Crippen molar-refractivity contribution in [2.24, 2.45) is 0 Å². The lowest BCUT2D eigenvalue weighted by atomic mass is 10.0. The first-order valence-electron chi connectivity index (χ1n) is 12.2. The van der Waals surface area contributed by atoms with Crippen LogP contribution in [0.5, 0.6) is 5.75 Å². The molecule has 0 fully saturated rings. The lowest BCUT2D eigenvalue weighted by molar-refractivity contribution is 0.146. The molecule has 2 aromatic carbocycles. The molecule has 0 saturated carbocycles. The van der Waals surface area contributed by atoms with Crippen LogP contribution in [0.4, 0.5) is 0 Å². The van der Waals surface area contributed by atoms with E-state index < -0.39 is 22.2 Å². The molecule has 2 atom stereocenters. The number of benzene rings is 2. The number of aliphatic hydroxyl groups is 1. The number of aromatic amines is 1. The fourth-order valence-corrected chi connectivity index (χ4v) is 5.48. The Hall–Kier alpha value is -3.54. The van der Waals surface area contributed by atoms with E-state index in [1.165, 1.54) is 22.7 Å². The Morgan fingerprint density at radius 2 is 1.87 bits per heavy atom. The van der Waals surface area contributed by atoms with Gasteiger partial charge < -0.3 is 14.8 Å². The number of aromatic nitrogens is 4. The summed E-state index contributed by atoms with van der Waals surface area (Å²) in [6.45, 7) is 7.49. The lowest BCUT2D eigenvalue weighted by Gasteiger charge is -2.21. The van der Waals surface area contributed by atoms with E-state index in [0.29, 0.717) is 46.9 Å². The SMILES string of the molecule is C.CCCc1nc(C)c2c(=O)[nH]c(-c3cc(S(=O)(=O)N[C@@H](C)[C@H](O)c4ccccc4)ccc3OCC)nn12. The van der Waals surface area contributed by atoms with Crippen molar-refractivity contribution in [3.05, 3.63) is 76.0 Å². The zero-order valence-electron chi connectivity index (χ0n) is 21.2. The van der Waals surface area contributed by atoms with Crippen molar-refractivity contribution in [1.29, 1.82) is 0 Å². The molecule has 204 valence electrons. The quantitative estimate of drug-likeness (QED) is 0.278. The highest BCUT2D eigenvalue weighted by molar-refractivity contribution is 7.89. The van der Waals surface area contributed by atoms with Gasteiger partial charge in [-0.05, 0) is 51.0 Å². The summed E-state index contributed by atoms with van der Waals surface area (Å²) in [6, 6.07) is 12.4. The highest BCUT2D eigenvalue weighted by Crippen LogP contribution is 2.31. The van der Waals surface area contributed by atoms with Gasteiger partial charge in [0.25, 0.3) is 5.56 Å². The Labute approximate surface area is 222 Å². The Kier molecular flexibility index (Phi) is 9.08. The minimum Gasteiger partial charge on any atom is -0.493 e. The van der Waals surface area contributed by atoms with E-state index in [-0.39, 0.29) is 23.7 Å². The third-order valence-corrected chi connectivity index (χ3v) is 7.55. The van der Waals surface area contributed by atoms with Crippen LogP contribution in [0.15, 0.2) is 58.2 Å². The van der Waals surface area contributed by atoms with Crippen molar-refractivity contribution in [3.63, 3.8) is 0 Å². The van der Waals surface area contributed by atoms with Crippen molar-refractivity contribution >= 4 is 15.5 Å². The van der Waals surface area contributed by atoms with Crippen LogP contribution < -0.4 is 15.0 Å². The predicted molar refractivity (Wildman–Crippen MR) is 147 cm³/mol. The number of sulfonamides is 1. The molecule has 2 heterocycles. The molecule has 0 saturated heterocycles. The van der Waals surface area contributed by atoms with Crippen LogP contribution in [0.3, 0.4) is 0 Å². The second-order valence-corrected chi connectivity index (χ2v) is 10.5. The van der Waals surface area contributed by atoms with E-state index >= 15 is 0 Å². The predicted octanol–water partition coefficient (Wildman–Crippen LogP) is 3.78. The normalized spacial score (nSPS) is 13.2. The molecule has 0 aliphatic rings. The molecule has 0 unspecified atom stereocenters. The standard InChI is InChI=1S/C26H31N5O5S.CH4/c1-5-10-22-27-16(3)23-26(33)28-25(29-31(22)23)20-15-19(13-14-21(20)36-6-2)37(34,35)30-17(4)24(32)18-11-8-7-9-12-18;/h7-9,11-15,17,24,30,32H,5-6,10H2,1-4H3,(H,28,29,33);1H4/t17-,24-;/m0./s1. The van der Waals surface area contributed by atoms with E-state index in [9.17, 15) is 18.3 Å². The lowest BCUT2D eigenvalue weighted by Crippen LogP contribution is -2.37. The summed E-state index contributed by atoms with van der Waals surface area (Å²) >= 11 is 0. The summed E-state index contributed by atoms with van der Waals surface area (Å²) < 4.78 is 36.4. The number of ether oxygens (including phenoxy) is 1. The molecule has 38 heavy (non-hydrogen) atoms. The van der Waals surface area contributed by atoms with Crippen molar-refractivity contribution in [2.75, 3.05) is 6.61 Å². The molecule has 10 nitrogen and oxygen atoms in total. The summed E-state index contributed by atoms with van der Waals surface area (Å²) in [7, 11) is -4.04. The van der Waals surface area contributed by atoms with Gasteiger partial charge in [0.15, 0.2) is 11.3 Å². The molecular weight excluding hydrogens is 506 g/mol. The maximum Gasteiger partial charge on any atom is 0.277 e. The average Bonchev–Trinajstić information content (AvgIpc) is 3.19. The summed E-state index contributed by atoms with van der Waals surface area (Å²) in [5.74, 6) is 1.18. The van der Waals surface area contributed by atoms with Crippen LogP contribution in [-0.4, -0.2) is 45.8 Å². The largest absolute Gasteiger partial charge is 0.493 e. The van der Waals surface area contributed by atoms with Crippen LogP contribution in [0.1, 0.15) is 57.8 Å². The second kappa shape index (κ2) is 11.9. The summed E-state index contributed by atoms with van der Waals surface area (Å²) in [5, 5.41) is 15.2. The van der Waals surface area contributed by atoms with Gasteiger partial charge in [-0.25, -0.2) is 22.6 Å². The monoisotopic (exact) mass is 541 g/mol. The number of aryl methyl sites for hydroxylation is 2. The fourth-order valence-electron chi connectivity index (χ4n) is 4.20. The minimum absolute atomic E-state index is 0. The maximum absolute atomic E-state index is 13.3. The average molecular weight is 542 g/mol. The van der Waals surface area contributed by atoms with E-state index in [0.717, 1.165) is 6.42 Å². The molecule has 3 N–H and O–H groups in total. The van der Waals surface area contributed by atoms with Gasteiger partial charge in [0.2, 0.25) is 10.0 Å². The summed E-state index contributed by atoms with van der Waals surface area (Å²) in [5.41, 5.74) is 1.44. The third-order valence-electron chi connectivity index (χ3n) is 5.99. The number of rotatable bonds is 10. The minimum atomic E-state index is -4.04. The molecule has 4 rings (SSSR count). The van der Waals surface area contributed by atoms with Gasteiger partial charge >= 0.3 is 0 Å². The summed E-state index contributed by atoms with van der Waals surface area (Å²) in [6.07, 6.45) is 0.405. The molecule has 0 bridgehead atoms. The third kappa shape index (κ3) is 5.79. The first kappa shape index (κ1) is 29.0. The number of H-pyrrole nitrogens is 1. The van der Waals surface area contributed by atoms with Crippen LogP contribution in [0.2, 0.25) is 0 Å². The van der Waals surface area contributed by atoms with Crippen LogP contribution >= 0.6 is 0 Å². The topological polar surface area (TPSA) is 139 Å². The van der Waals surface area contributed by atoms with Gasteiger partial charge in [0, 0.05) is 12.5 Å². The number of nitrogens with zero attached hydrogens (tertiary/aromatic N) is 3. The second-order valence-electron chi connectivity index (χ2n) is 8.78. The van der Waals surface area contributed by atoms with Crippen LogP contribution in [0, 0.1) is 6.92 Å². The molecule has 0 aliphatic carbocycles. The van der Waals surface area contributed by atoms with Crippen molar-refractivity contribution in [1.82, 2.24) is 24.3 Å². The first-order chi connectivity index (χ1) is 17.7. The van der Waals surface area contributed by atoms with Crippen molar-refractivity contribution < 1.29 is 18.3 Å². The Bertz CT molecular complexity index is 1560. The van der Waals surface area contributed by atoms with Crippen LogP contribution in [-0.2, 0) is 16.4 Å². The zero-order valence-corrected chi connectivity index (χ0v) is 22.0. The highest BCUT2D eigenvalue weighted by atomic mass is 32.2. The molecule has 0 amide bonds. The number of fused-ring (bicyclic) bond motifs is 1. The Morgan fingerprint density at radius 3 is 2.53 bits per heavy atom. The van der Waals surface area contributed by atoms with E-state index in [1.54, 1.807) is 45.0 Å². The van der Waals surface area contributed by atoms with Gasteiger partial charge in [-0.2, -0.15) is 0 Å². The Balaban J connectivity index is 0.00000400. The van der Waals surface area contributed by atoms with E-state index in [2.05, 4.69) is 19.8 Å². The van der Waals surface area contributed by atoms with Gasteiger partial charge in [-0.1, -0.05) is 44.7 Å². The maximum atomic E-state index is 13.3. The number of hydrogen-bond acceptors (Lipinski definition) is 7. The zero-order chi connectivity index (χ0) is 26.7. The van der Waals surface area contributed by atoms with Gasteiger partial charge in [0.1, 0.15) is 11.6 Å². The van der Waals surface area contributed by atoms with Gasteiger partial charge in [0.05, 0.1) is 28.9 Å². The molecular formula is C27H35N5O5S. The molecule has 4 aromatic rings. The number of nitrogens with one attached hydrogen (secondary N) is 2. The van der Waals surface area contributed by atoms with Gasteiger partial charge in [-0.15, -0.1) is 5.10 Å². The van der Waals surface area contributed by atoms with Crippen LogP contribution in [0.25, 0.3) is 16.9 Å². The van der Waals surface area contributed by atoms with E-state index in [4.69, 9.17) is 4.74 Å². The number of imidazole rings is 1. The molecule has 0 spiro atoms. The molecule has 2 aromatic heterocycles.